The van der Waals surface area contributed by atoms with Crippen molar-refractivity contribution < 1.29 is 13.3 Å². The molecule has 0 aliphatic heterocycles. The van der Waals surface area contributed by atoms with Crippen molar-refractivity contribution in [2.45, 2.75) is 19.6 Å². The number of nitrogens with one attached hydrogen (secondary N) is 2. The number of para-hydroxylation sites is 1. The third kappa shape index (κ3) is 3.37. The van der Waals surface area contributed by atoms with Crippen LogP contribution in [0.1, 0.15) is 16.8 Å². The van der Waals surface area contributed by atoms with E-state index in [2.05, 4.69) is 14.9 Å². The standard InChI is InChI=1S/C12H14N4O4S/c1-8-9(2)13-14-12(8)15-21(19,20)7-10-5-3-4-6-11(10)16(17)18/h3-6H,7H2,1-2H3,(H2,13,14,15). The third-order valence-electron chi connectivity index (χ3n) is 3.04. The zero-order chi connectivity index (χ0) is 15.6. The van der Waals surface area contributed by atoms with Crippen molar-refractivity contribution in [3.63, 3.8) is 0 Å². The topological polar surface area (TPSA) is 118 Å². The number of aryl methyl sites for hydroxylation is 1. The molecule has 2 rings (SSSR count). The van der Waals surface area contributed by atoms with E-state index < -0.39 is 20.7 Å². The molecule has 1 aromatic carbocycles. The van der Waals surface area contributed by atoms with Gasteiger partial charge in [0.1, 0.15) is 5.75 Å². The molecule has 1 heterocycles. The van der Waals surface area contributed by atoms with Crippen LogP contribution in [0.15, 0.2) is 24.3 Å². The first-order valence-corrected chi connectivity index (χ1v) is 7.70. The largest absolute Gasteiger partial charge is 0.280 e. The van der Waals surface area contributed by atoms with Gasteiger partial charge in [0.2, 0.25) is 10.0 Å². The lowest BCUT2D eigenvalue weighted by molar-refractivity contribution is -0.385. The van der Waals surface area contributed by atoms with Crippen LogP contribution in [0.25, 0.3) is 0 Å². The predicted molar refractivity (Wildman–Crippen MR) is 77.4 cm³/mol. The second kappa shape index (κ2) is 5.52. The molecule has 2 aromatic rings. The van der Waals surface area contributed by atoms with E-state index in [1.165, 1.54) is 18.2 Å². The summed E-state index contributed by atoms with van der Waals surface area (Å²) >= 11 is 0. The van der Waals surface area contributed by atoms with E-state index in [0.717, 1.165) is 5.69 Å². The van der Waals surface area contributed by atoms with Gasteiger partial charge in [0.15, 0.2) is 5.82 Å². The summed E-state index contributed by atoms with van der Waals surface area (Å²) in [5.74, 6) is -0.290. The Morgan fingerprint density at radius 3 is 2.57 bits per heavy atom. The fraction of sp³-hybridized carbons (Fsp3) is 0.250. The summed E-state index contributed by atoms with van der Waals surface area (Å²) in [7, 11) is -3.79. The minimum Gasteiger partial charge on any atom is -0.280 e. The summed E-state index contributed by atoms with van der Waals surface area (Å²) in [4.78, 5) is 10.3. The lowest BCUT2D eigenvalue weighted by Crippen LogP contribution is -2.16. The lowest BCUT2D eigenvalue weighted by atomic mass is 10.2. The molecular weight excluding hydrogens is 296 g/mol. The van der Waals surface area contributed by atoms with Crippen molar-refractivity contribution in [1.82, 2.24) is 10.2 Å². The van der Waals surface area contributed by atoms with Crippen LogP contribution in [-0.4, -0.2) is 23.5 Å². The number of hydrogen-bond acceptors (Lipinski definition) is 5. The number of anilines is 1. The molecule has 21 heavy (non-hydrogen) atoms. The molecular formula is C12H14N4O4S. The van der Waals surface area contributed by atoms with Crippen LogP contribution in [0.2, 0.25) is 0 Å². The maximum Gasteiger partial charge on any atom is 0.273 e. The van der Waals surface area contributed by atoms with Crippen molar-refractivity contribution in [2.75, 3.05) is 4.72 Å². The maximum atomic E-state index is 12.1. The fourth-order valence-corrected chi connectivity index (χ4v) is 3.00. The Kier molecular flexibility index (Phi) is 3.94. The molecule has 0 atom stereocenters. The van der Waals surface area contributed by atoms with Crippen molar-refractivity contribution in [3.05, 3.63) is 51.2 Å². The van der Waals surface area contributed by atoms with Crippen LogP contribution in [0.3, 0.4) is 0 Å². The van der Waals surface area contributed by atoms with Gasteiger partial charge < -0.3 is 0 Å². The van der Waals surface area contributed by atoms with Crippen molar-refractivity contribution >= 4 is 21.5 Å². The van der Waals surface area contributed by atoms with Crippen LogP contribution < -0.4 is 4.72 Å². The highest BCUT2D eigenvalue weighted by molar-refractivity contribution is 7.91. The number of nitro groups is 1. The van der Waals surface area contributed by atoms with Crippen molar-refractivity contribution in [2.24, 2.45) is 0 Å². The summed E-state index contributed by atoms with van der Waals surface area (Å²) in [6, 6.07) is 5.74. The number of nitrogens with zero attached hydrogens (tertiary/aromatic N) is 2. The molecule has 2 N–H and O–H groups in total. The quantitative estimate of drug-likeness (QED) is 0.645. The van der Waals surface area contributed by atoms with E-state index in [9.17, 15) is 18.5 Å². The molecule has 1 aromatic heterocycles. The Balaban J connectivity index is 2.26. The summed E-state index contributed by atoms with van der Waals surface area (Å²) in [5, 5.41) is 17.4. The number of hydrogen-bond donors (Lipinski definition) is 2. The Labute approximate surface area is 121 Å². The first-order valence-electron chi connectivity index (χ1n) is 6.04. The van der Waals surface area contributed by atoms with E-state index in [1.807, 2.05) is 0 Å². The van der Waals surface area contributed by atoms with E-state index in [1.54, 1.807) is 19.9 Å². The van der Waals surface area contributed by atoms with Gasteiger partial charge in [-0.1, -0.05) is 18.2 Å². The van der Waals surface area contributed by atoms with Gasteiger partial charge in [0.25, 0.3) is 5.69 Å². The van der Waals surface area contributed by atoms with Gasteiger partial charge in [-0.2, -0.15) is 5.10 Å². The number of aromatic amines is 1. The highest BCUT2D eigenvalue weighted by Crippen LogP contribution is 2.22. The summed E-state index contributed by atoms with van der Waals surface area (Å²) < 4.78 is 26.6. The molecule has 0 unspecified atom stereocenters. The molecule has 0 aliphatic carbocycles. The highest BCUT2D eigenvalue weighted by Gasteiger charge is 2.21. The number of rotatable bonds is 5. The minimum absolute atomic E-state index is 0.125. The molecule has 0 amide bonds. The van der Waals surface area contributed by atoms with Gasteiger partial charge in [0.05, 0.1) is 4.92 Å². The van der Waals surface area contributed by atoms with Gasteiger partial charge in [-0.15, -0.1) is 0 Å². The van der Waals surface area contributed by atoms with E-state index in [-0.39, 0.29) is 17.1 Å². The van der Waals surface area contributed by atoms with Gasteiger partial charge in [-0.25, -0.2) is 8.42 Å². The Hall–Kier alpha value is -2.42. The molecule has 0 saturated heterocycles. The average Bonchev–Trinajstić information content (AvgIpc) is 2.70. The van der Waals surface area contributed by atoms with Crippen molar-refractivity contribution in [1.29, 1.82) is 0 Å². The van der Waals surface area contributed by atoms with E-state index in [0.29, 0.717) is 5.56 Å². The Morgan fingerprint density at radius 2 is 2.00 bits per heavy atom. The monoisotopic (exact) mass is 310 g/mol. The second-order valence-corrected chi connectivity index (χ2v) is 6.29. The maximum absolute atomic E-state index is 12.1. The number of benzene rings is 1. The summed E-state index contributed by atoms with van der Waals surface area (Å²) in [6.45, 7) is 3.49. The average molecular weight is 310 g/mol. The normalized spacial score (nSPS) is 11.3. The molecule has 9 heteroatoms. The number of sulfonamides is 1. The van der Waals surface area contributed by atoms with Crippen LogP contribution in [-0.2, 0) is 15.8 Å². The zero-order valence-corrected chi connectivity index (χ0v) is 12.3. The minimum atomic E-state index is -3.79. The molecule has 0 bridgehead atoms. The molecule has 0 fully saturated rings. The number of nitro benzene ring substituents is 1. The van der Waals surface area contributed by atoms with Crippen molar-refractivity contribution in [3.8, 4) is 0 Å². The zero-order valence-electron chi connectivity index (χ0n) is 11.5. The third-order valence-corrected chi connectivity index (χ3v) is 4.23. The van der Waals surface area contributed by atoms with Crippen LogP contribution >= 0.6 is 0 Å². The highest BCUT2D eigenvalue weighted by atomic mass is 32.2. The van der Waals surface area contributed by atoms with Crippen LogP contribution in [0.4, 0.5) is 11.5 Å². The molecule has 0 saturated carbocycles. The Bertz CT molecular complexity index is 782. The lowest BCUT2D eigenvalue weighted by Gasteiger charge is -2.07. The summed E-state index contributed by atoms with van der Waals surface area (Å²) in [5.41, 5.74) is 1.33. The van der Waals surface area contributed by atoms with Crippen LogP contribution in [0.5, 0.6) is 0 Å². The molecule has 8 nitrogen and oxygen atoms in total. The molecule has 112 valence electrons. The fourth-order valence-electron chi connectivity index (χ4n) is 1.78. The molecule has 0 aliphatic rings. The van der Waals surface area contributed by atoms with Gasteiger partial charge in [-0.3, -0.25) is 19.9 Å². The Morgan fingerprint density at radius 1 is 1.33 bits per heavy atom. The SMILES string of the molecule is Cc1[nH]nc(NS(=O)(=O)Cc2ccccc2[N+](=O)[O-])c1C. The van der Waals surface area contributed by atoms with E-state index >= 15 is 0 Å². The summed E-state index contributed by atoms with van der Waals surface area (Å²) in [6.07, 6.45) is 0. The van der Waals surface area contributed by atoms with Gasteiger partial charge >= 0.3 is 0 Å². The second-order valence-electron chi connectivity index (χ2n) is 4.57. The smallest absolute Gasteiger partial charge is 0.273 e. The number of H-pyrrole nitrogens is 1. The molecule has 0 radical (unpaired) electrons. The molecule has 0 spiro atoms. The first kappa shape index (κ1) is 15.0. The number of aromatic nitrogens is 2. The van der Waals surface area contributed by atoms with Gasteiger partial charge in [0, 0.05) is 22.9 Å². The van der Waals surface area contributed by atoms with E-state index in [4.69, 9.17) is 0 Å². The van der Waals surface area contributed by atoms with Gasteiger partial charge in [-0.05, 0) is 13.8 Å². The predicted octanol–water partition coefficient (Wildman–Crippen LogP) is 1.88. The van der Waals surface area contributed by atoms with Crippen LogP contribution in [0, 0.1) is 24.0 Å². The first-order chi connectivity index (χ1) is 9.80.